The molecule has 0 fully saturated rings. The average Bonchev–Trinajstić information content (AvgIpc) is 3.98. The molecule has 0 spiro atoms. The summed E-state index contributed by atoms with van der Waals surface area (Å²) in [5.41, 5.74) is 23.8. The largest absolute Gasteiger partial charge is 0.493 e. The molecule has 2 unspecified atom stereocenters. The van der Waals surface area contributed by atoms with Crippen LogP contribution in [-0.4, -0.2) is 21.8 Å². The molecule has 4 heteroatoms. The van der Waals surface area contributed by atoms with Crippen LogP contribution in [0.2, 0.25) is 0 Å². The summed E-state index contributed by atoms with van der Waals surface area (Å²) in [5, 5.41) is 2.56. The van der Waals surface area contributed by atoms with Gasteiger partial charge >= 0.3 is 0 Å². The van der Waals surface area contributed by atoms with Crippen LogP contribution in [0.15, 0.2) is 206 Å². The van der Waals surface area contributed by atoms with E-state index in [2.05, 4.69) is 216 Å². The first-order chi connectivity index (χ1) is 33.1. The zero-order valence-corrected chi connectivity index (χ0v) is 37.2. The van der Waals surface area contributed by atoms with Crippen LogP contribution < -0.4 is 9.47 Å². The Labute approximate surface area is 390 Å². The second kappa shape index (κ2) is 15.0. The van der Waals surface area contributed by atoms with Crippen molar-refractivity contribution in [3.05, 3.63) is 228 Å². The monoisotopic (exact) mass is 862 g/mol. The van der Waals surface area contributed by atoms with E-state index >= 15 is 0 Å². The molecule has 0 saturated carbocycles. The maximum atomic E-state index is 6.51. The molecule has 320 valence electrons. The molecule has 2 aliphatic heterocycles. The van der Waals surface area contributed by atoms with Crippen molar-refractivity contribution in [3.8, 4) is 78.5 Å². The minimum atomic E-state index is 0.0370. The van der Waals surface area contributed by atoms with E-state index in [4.69, 9.17) is 9.47 Å². The number of nitrogens with zero attached hydrogens (tertiary/aromatic N) is 2. The molecule has 0 radical (unpaired) electrons. The lowest BCUT2D eigenvalue weighted by molar-refractivity contribution is 0.268. The lowest BCUT2D eigenvalue weighted by Crippen LogP contribution is -2.16. The molecule has 4 heterocycles. The van der Waals surface area contributed by atoms with Gasteiger partial charge in [0.2, 0.25) is 0 Å². The van der Waals surface area contributed by atoms with Crippen LogP contribution in [0.25, 0.3) is 88.8 Å². The maximum Gasteiger partial charge on any atom is 0.128 e. The van der Waals surface area contributed by atoms with E-state index in [0.717, 1.165) is 30.8 Å². The van der Waals surface area contributed by atoms with Gasteiger partial charge in [0.05, 0.1) is 17.6 Å². The topological polar surface area (TPSA) is 28.3 Å². The Morgan fingerprint density at radius 1 is 0.478 bits per heavy atom. The predicted octanol–water partition coefficient (Wildman–Crippen LogP) is 15.3. The van der Waals surface area contributed by atoms with E-state index in [1.54, 1.807) is 0 Å². The van der Waals surface area contributed by atoms with Gasteiger partial charge in [0.25, 0.3) is 0 Å². The standard InChI is InChI=1S/C63H46N2O2/c1-39-18-30-60-52(34-39)53-38-48(25-31-61(53)67-60)65-56-27-22-45(44-21-26-49-46(36-44)32-33-66-59-17-8-6-14-50(49)59)37-54(56)63-58(65)29-28-57-62(63)51-15-5-7-16-55(51)64(57)47-23-19-41(20-24-47)43-13-9-12-42(35-43)40-10-3-2-4-11-40/h2-27,30-31,34-38,52,60H,28-29,32-33H2,1H3. The van der Waals surface area contributed by atoms with Crippen LogP contribution in [0.4, 0.5) is 0 Å². The van der Waals surface area contributed by atoms with Crippen LogP contribution in [0.5, 0.6) is 11.5 Å². The zero-order chi connectivity index (χ0) is 44.2. The molecule has 0 amide bonds. The molecule has 0 bridgehead atoms. The minimum absolute atomic E-state index is 0.0370. The van der Waals surface area contributed by atoms with Crippen molar-refractivity contribution in [1.29, 1.82) is 0 Å². The molecule has 0 saturated heterocycles. The fourth-order valence-corrected chi connectivity index (χ4v) is 11.7. The van der Waals surface area contributed by atoms with Crippen LogP contribution in [0.3, 0.4) is 0 Å². The van der Waals surface area contributed by atoms with Crippen molar-refractivity contribution >= 4 is 21.8 Å². The number of allylic oxidation sites excluding steroid dienone is 2. The third-order valence-corrected chi connectivity index (χ3v) is 14.8. The summed E-state index contributed by atoms with van der Waals surface area (Å²) >= 11 is 0. The van der Waals surface area contributed by atoms with E-state index in [0.29, 0.717) is 6.61 Å². The average molecular weight is 863 g/mol. The molecule has 2 aromatic heterocycles. The Morgan fingerprint density at radius 2 is 1.13 bits per heavy atom. The molecule has 4 aliphatic rings. The Balaban J connectivity index is 0.943. The highest BCUT2D eigenvalue weighted by Gasteiger charge is 2.35. The molecular formula is C63H46N2O2. The predicted molar refractivity (Wildman–Crippen MR) is 274 cm³/mol. The Kier molecular flexibility index (Phi) is 8.54. The van der Waals surface area contributed by atoms with Crippen molar-refractivity contribution < 1.29 is 9.47 Å². The third-order valence-electron chi connectivity index (χ3n) is 14.8. The highest BCUT2D eigenvalue weighted by Crippen LogP contribution is 2.50. The van der Waals surface area contributed by atoms with Crippen molar-refractivity contribution in [3.63, 3.8) is 0 Å². The molecule has 2 aliphatic carbocycles. The molecule has 4 nitrogen and oxygen atoms in total. The first kappa shape index (κ1) is 38.2. The number of benzene rings is 8. The number of hydrogen-bond acceptors (Lipinski definition) is 2. The maximum absolute atomic E-state index is 6.51. The first-order valence-electron chi connectivity index (χ1n) is 23.7. The van der Waals surface area contributed by atoms with E-state index in [1.807, 2.05) is 0 Å². The van der Waals surface area contributed by atoms with E-state index in [9.17, 15) is 0 Å². The number of fused-ring (bicyclic) bond motifs is 13. The van der Waals surface area contributed by atoms with Crippen molar-refractivity contribution in [2.24, 2.45) is 0 Å². The Bertz CT molecular complexity index is 3710. The normalized spacial score (nSPS) is 16.5. The highest BCUT2D eigenvalue weighted by atomic mass is 16.5. The third kappa shape index (κ3) is 6.06. The van der Waals surface area contributed by atoms with Gasteiger partial charge in [0, 0.05) is 68.1 Å². The lowest BCUT2D eigenvalue weighted by atomic mass is 9.89. The Morgan fingerprint density at radius 3 is 2.00 bits per heavy atom. The number of aromatic nitrogens is 2. The number of para-hydroxylation sites is 2. The summed E-state index contributed by atoms with van der Waals surface area (Å²) in [4.78, 5) is 0. The second-order valence-electron chi connectivity index (χ2n) is 18.6. The molecule has 0 N–H and O–H groups in total. The fourth-order valence-electron chi connectivity index (χ4n) is 11.7. The van der Waals surface area contributed by atoms with Gasteiger partial charge in [0.15, 0.2) is 0 Å². The second-order valence-corrected chi connectivity index (χ2v) is 18.6. The smallest absolute Gasteiger partial charge is 0.128 e. The molecular weight excluding hydrogens is 817 g/mol. The minimum Gasteiger partial charge on any atom is -0.493 e. The first-order valence-corrected chi connectivity index (χ1v) is 23.7. The van der Waals surface area contributed by atoms with Gasteiger partial charge in [-0.1, -0.05) is 139 Å². The molecule has 67 heavy (non-hydrogen) atoms. The summed E-state index contributed by atoms with van der Waals surface area (Å²) in [7, 11) is 0. The molecule has 14 rings (SSSR count). The van der Waals surface area contributed by atoms with Gasteiger partial charge in [0.1, 0.15) is 17.6 Å². The summed E-state index contributed by atoms with van der Waals surface area (Å²) in [6.07, 6.45) is 9.51. The summed E-state index contributed by atoms with van der Waals surface area (Å²) in [6.45, 7) is 2.85. The SMILES string of the molecule is CC1=CC2c3cc(-n4c5c(c6cc(-c7ccc8c(c7)CCOc7ccccc7-8)ccc64)-c4c(n(-c6ccc(-c7cccc(-c8ccccc8)c7)cc6)c6ccccc46)CC5)ccc3OC2C=C1. The van der Waals surface area contributed by atoms with Crippen molar-refractivity contribution in [2.45, 2.75) is 38.2 Å². The van der Waals surface area contributed by atoms with Gasteiger partial charge in [-0.25, -0.2) is 0 Å². The quantitative estimate of drug-likeness (QED) is 0.172. The summed E-state index contributed by atoms with van der Waals surface area (Å²) in [6, 6.07) is 67.2. The summed E-state index contributed by atoms with van der Waals surface area (Å²) < 4.78 is 17.8. The Hall–Kier alpha value is -8.08. The lowest BCUT2D eigenvalue weighted by Gasteiger charge is -2.20. The van der Waals surface area contributed by atoms with Crippen molar-refractivity contribution in [1.82, 2.24) is 9.13 Å². The summed E-state index contributed by atoms with van der Waals surface area (Å²) in [5.74, 6) is 2.15. The highest BCUT2D eigenvalue weighted by molar-refractivity contribution is 6.10. The molecule has 8 aromatic carbocycles. The van der Waals surface area contributed by atoms with Gasteiger partial charge in [-0.2, -0.15) is 0 Å². The number of ether oxygens (including phenoxy) is 2. The van der Waals surface area contributed by atoms with Crippen molar-refractivity contribution in [2.75, 3.05) is 6.61 Å². The number of rotatable bonds is 5. The van der Waals surface area contributed by atoms with Crippen LogP contribution in [0.1, 0.15) is 35.4 Å². The van der Waals surface area contributed by atoms with E-state index < -0.39 is 0 Å². The van der Waals surface area contributed by atoms with E-state index in [-0.39, 0.29) is 12.0 Å². The van der Waals surface area contributed by atoms with Gasteiger partial charge in [-0.05, 0) is 131 Å². The van der Waals surface area contributed by atoms with Gasteiger partial charge < -0.3 is 18.6 Å². The fraction of sp³-hybridized carbons (Fsp3) is 0.111. The van der Waals surface area contributed by atoms with Crippen LogP contribution >= 0.6 is 0 Å². The van der Waals surface area contributed by atoms with Gasteiger partial charge in [-0.15, -0.1) is 0 Å². The molecule has 10 aromatic rings. The zero-order valence-electron chi connectivity index (χ0n) is 37.2. The van der Waals surface area contributed by atoms with Crippen LogP contribution in [0, 0.1) is 0 Å². The van der Waals surface area contributed by atoms with E-state index in [1.165, 1.54) is 117 Å². The van der Waals surface area contributed by atoms with Crippen LogP contribution in [-0.2, 0) is 19.3 Å². The van der Waals surface area contributed by atoms with Gasteiger partial charge in [-0.3, -0.25) is 0 Å². The number of hydrogen-bond donors (Lipinski definition) is 0. The molecule has 2 atom stereocenters.